The van der Waals surface area contributed by atoms with E-state index in [1.54, 1.807) is 30.5 Å². The van der Waals surface area contributed by atoms with E-state index in [0.29, 0.717) is 17.2 Å². The zero-order chi connectivity index (χ0) is 28.6. The van der Waals surface area contributed by atoms with E-state index >= 15 is 0 Å². The van der Waals surface area contributed by atoms with Gasteiger partial charge in [-0.2, -0.15) is 0 Å². The molecule has 0 spiro atoms. The number of pyridine rings is 1. The molecule has 41 heavy (non-hydrogen) atoms. The summed E-state index contributed by atoms with van der Waals surface area (Å²) in [4.78, 5) is 11.1. The third-order valence-electron chi connectivity index (χ3n) is 7.07. The fraction of sp³-hybridized carbons (Fsp3) is 0.200. The van der Waals surface area contributed by atoms with Crippen LogP contribution in [0.1, 0.15) is 5.56 Å². The number of nitrogen functional groups attached to an aromatic ring is 1. The molecule has 11 heteroatoms. The van der Waals surface area contributed by atoms with Gasteiger partial charge >= 0.3 is 0 Å². The molecule has 0 radical (unpaired) electrons. The van der Waals surface area contributed by atoms with Gasteiger partial charge in [-0.15, -0.1) is 0 Å². The molecule has 210 valence electrons. The third-order valence-corrected chi connectivity index (χ3v) is 8.45. The summed E-state index contributed by atoms with van der Waals surface area (Å²) in [6, 6.07) is 22.5. The number of fused-ring (bicyclic) bond motifs is 1. The molecule has 0 bridgehead atoms. The number of ether oxygens (including phenoxy) is 2. The second-order valence-electron chi connectivity index (χ2n) is 9.83. The first-order valence-electron chi connectivity index (χ1n) is 13.2. The highest BCUT2D eigenvalue weighted by Crippen LogP contribution is 2.33. The number of anilines is 3. The molecule has 1 aliphatic heterocycles. The van der Waals surface area contributed by atoms with Crippen LogP contribution in [0.2, 0.25) is 0 Å². The highest BCUT2D eigenvalue weighted by Gasteiger charge is 2.23. The van der Waals surface area contributed by atoms with Crippen LogP contribution in [-0.2, 0) is 14.8 Å². The largest absolute Gasteiger partial charge is 0.480 e. The summed E-state index contributed by atoms with van der Waals surface area (Å²) in [7, 11) is -2.60. The Morgan fingerprint density at radius 3 is 2.44 bits per heavy atom. The van der Waals surface area contributed by atoms with Crippen LogP contribution in [0.4, 0.5) is 17.3 Å². The first-order chi connectivity index (χ1) is 19.8. The maximum Gasteiger partial charge on any atom is 0.267 e. The Morgan fingerprint density at radius 1 is 0.951 bits per heavy atom. The zero-order valence-corrected chi connectivity index (χ0v) is 23.6. The molecule has 2 aromatic heterocycles. The summed E-state index contributed by atoms with van der Waals surface area (Å²) < 4.78 is 42.1. The average Bonchev–Trinajstić information content (AvgIpc) is 3.32. The number of hydrogen-bond acceptors (Lipinski definition) is 8. The number of nitrogens with one attached hydrogen (secondary N) is 1. The molecule has 10 nitrogen and oxygen atoms in total. The van der Waals surface area contributed by atoms with Crippen molar-refractivity contribution in [2.24, 2.45) is 0 Å². The van der Waals surface area contributed by atoms with E-state index in [4.69, 9.17) is 15.2 Å². The lowest BCUT2D eigenvalue weighted by Crippen LogP contribution is -2.36. The average molecular weight is 571 g/mol. The number of nitrogens with zero attached hydrogens (tertiary/aromatic N) is 4. The van der Waals surface area contributed by atoms with E-state index in [9.17, 15) is 8.42 Å². The summed E-state index contributed by atoms with van der Waals surface area (Å²) in [6.07, 6.45) is 1.59. The van der Waals surface area contributed by atoms with Gasteiger partial charge in [0.1, 0.15) is 4.90 Å². The minimum Gasteiger partial charge on any atom is -0.480 e. The molecule has 3 heterocycles. The van der Waals surface area contributed by atoms with Crippen molar-refractivity contribution >= 4 is 38.4 Å². The first kappa shape index (κ1) is 26.6. The molecule has 3 aromatic carbocycles. The minimum atomic E-state index is -3.99. The summed E-state index contributed by atoms with van der Waals surface area (Å²) in [6.45, 7) is 5.04. The van der Waals surface area contributed by atoms with Crippen molar-refractivity contribution in [3.8, 4) is 22.7 Å². The van der Waals surface area contributed by atoms with Gasteiger partial charge in [0.05, 0.1) is 31.4 Å². The monoisotopic (exact) mass is 570 g/mol. The number of aromatic nitrogens is 3. The zero-order valence-electron chi connectivity index (χ0n) is 22.7. The number of methoxy groups -OCH3 is 1. The number of nitrogens with two attached hydrogens (primary N) is 1. The lowest BCUT2D eigenvalue weighted by Gasteiger charge is -2.29. The van der Waals surface area contributed by atoms with Gasteiger partial charge in [-0.3, -0.25) is 9.29 Å². The molecule has 0 unspecified atom stereocenters. The van der Waals surface area contributed by atoms with Crippen LogP contribution in [-0.4, -0.2) is 56.4 Å². The van der Waals surface area contributed by atoms with Gasteiger partial charge < -0.3 is 20.1 Å². The van der Waals surface area contributed by atoms with Gasteiger partial charge in [0.2, 0.25) is 11.8 Å². The maximum absolute atomic E-state index is 13.4. The van der Waals surface area contributed by atoms with E-state index < -0.39 is 10.0 Å². The highest BCUT2D eigenvalue weighted by atomic mass is 32.2. The predicted octanol–water partition coefficient (Wildman–Crippen LogP) is 4.62. The molecule has 0 atom stereocenters. The summed E-state index contributed by atoms with van der Waals surface area (Å²) in [5.74, 6) is 0.361. The number of morpholine rings is 1. The predicted molar refractivity (Wildman–Crippen MR) is 160 cm³/mol. The standard InChI is InChI=1S/C30H30N6O4S/c1-20-4-3-5-23(16-20)34-41(37,38)28-18-22(19-32-29(28)39-2)21-6-11-26-27(17-21)36(30(31)33-26)25-9-7-24(8-10-25)35-12-14-40-15-13-35/h3-11,16-19,34H,12-15H2,1-2H3,(H2,31,33). The van der Waals surface area contributed by atoms with Crippen molar-refractivity contribution in [2.75, 3.05) is 48.8 Å². The number of benzene rings is 3. The Labute approximate surface area is 238 Å². The molecule has 1 fully saturated rings. The van der Waals surface area contributed by atoms with Gasteiger partial charge in [-0.05, 0) is 72.6 Å². The lowest BCUT2D eigenvalue weighted by molar-refractivity contribution is 0.122. The summed E-state index contributed by atoms with van der Waals surface area (Å²) >= 11 is 0. The number of rotatable bonds is 7. The van der Waals surface area contributed by atoms with E-state index in [1.165, 1.54) is 7.11 Å². The number of imidazole rings is 1. The lowest BCUT2D eigenvalue weighted by atomic mass is 10.1. The Hall–Kier alpha value is -4.61. The maximum atomic E-state index is 13.4. The normalized spacial score (nSPS) is 13.9. The molecule has 3 N–H and O–H groups in total. The van der Waals surface area contributed by atoms with Crippen molar-refractivity contribution in [3.63, 3.8) is 0 Å². The van der Waals surface area contributed by atoms with Gasteiger partial charge in [0.25, 0.3) is 10.0 Å². The number of hydrogen-bond donors (Lipinski definition) is 2. The molecule has 0 saturated carbocycles. The highest BCUT2D eigenvalue weighted by molar-refractivity contribution is 7.92. The second-order valence-corrected chi connectivity index (χ2v) is 11.5. The van der Waals surface area contributed by atoms with Crippen LogP contribution in [0.15, 0.2) is 83.9 Å². The molecule has 0 aliphatic carbocycles. The Balaban J connectivity index is 1.37. The smallest absolute Gasteiger partial charge is 0.267 e. The van der Waals surface area contributed by atoms with E-state index in [-0.39, 0.29) is 10.8 Å². The Kier molecular flexibility index (Phi) is 6.98. The van der Waals surface area contributed by atoms with Crippen molar-refractivity contribution in [1.29, 1.82) is 0 Å². The van der Waals surface area contributed by atoms with Crippen molar-refractivity contribution < 1.29 is 17.9 Å². The summed E-state index contributed by atoms with van der Waals surface area (Å²) in [5, 5.41) is 0. The van der Waals surface area contributed by atoms with Gasteiger partial charge in [-0.1, -0.05) is 18.2 Å². The van der Waals surface area contributed by atoms with Crippen LogP contribution < -0.4 is 20.1 Å². The van der Waals surface area contributed by atoms with Crippen LogP contribution in [0.5, 0.6) is 5.88 Å². The molecule has 1 aliphatic rings. The SMILES string of the molecule is COc1ncc(-c2ccc3nc(N)n(-c4ccc(N5CCOCC5)cc4)c3c2)cc1S(=O)(=O)Nc1cccc(C)c1. The molecular weight excluding hydrogens is 540 g/mol. The summed E-state index contributed by atoms with van der Waals surface area (Å²) in [5.41, 5.74) is 12.6. The van der Waals surface area contributed by atoms with Crippen molar-refractivity contribution in [1.82, 2.24) is 14.5 Å². The van der Waals surface area contributed by atoms with Gasteiger partial charge in [0, 0.05) is 41.9 Å². The molecule has 5 aromatic rings. The van der Waals surface area contributed by atoms with Crippen molar-refractivity contribution in [2.45, 2.75) is 11.8 Å². The molecule has 6 rings (SSSR count). The number of aryl methyl sites for hydroxylation is 1. The van der Waals surface area contributed by atoms with E-state index in [2.05, 4.69) is 31.7 Å². The van der Waals surface area contributed by atoms with Crippen LogP contribution in [0.25, 0.3) is 27.8 Å². The van der Waals surface area contributed by atoms with Gasteiger partial charge in [-0.25, -0.2) is 18.4 Å². The third kappa shape index (κ3) is 5.29. The minimum absolute atomic E-state index is 0.00428. The fourth-order valence-corrected chi connectivity index (χ4v) is 6.23. The molecular formula is C30H30N6O4S. The second kappa shape index (κ2) is 10.8. The molecule has 1 saturated heterocycles. The van der Waals surface area contributed by atoms with Crippen LogP contribution >= 0.6 is 0 Å². The topological polar surface area (TPSA) is 125 Å². The van der Waals surface area contributed by atoms with Crippen LogP contribution in [0.3, 0.4) is 0 Å². The van der Waals surface area contributed by atoms with E-state index in [0.717, 1.165) is 59.8 Å². The quantitative estimate of drug-likeness (QED) is 0.290. The number of sulfonamides is 1. The molecule has 0 amide bonds. The Bertz CT molecular complexity index is 1830. The van der Waals surface area contributed by atoms with E-state index in [1.807, 2.05) is 47.9 Å². The van der Waals surface area contributed by atoms with Crippen LogP contribution in [0, 0.1) is 6.92 Å². The van der Waals surface area contributed by atoms with Crippen molar-refractivity contribution in [3.05, 3.63) is 84.6 Å². The first-order valence-corrected chi connectivity index (χ1v) is 14.7. The van der Waals surface area contributed by atoms with Gasteiger partial charge in [0.15, 0.2) is 0 Å². The Morgan fingerprint density at radius 2 is 1.71 bits per heavy atom. The fourth-order valence-electron chi connectivity index (χ4n) is 5.03.